The van der Waals surface area contributed by atoms with E-state index in [2.05, 4.69) is 0 Å². The molecule has 13 heavy (non-hydrogen) atoms. The van der Waals surface area contributed by atoms with E-state index < -0.39 is 6.49 Å². The van der Waals surface area contributed by atoms with Crippen LogP contribution in [0.15, 0.2) is 48.6 Å². The molecule has 0 unspecified atom stereocenters. The van der Waals surface area contributed by atoms with Crippen molar-refractivity contribution >= 4 is 17.7 Å². The van der Waals surface area contributed by atoms with Crippen molar-refractivity contribution < 1.29 is 4.57 Å². The maximum absolute atomic E-state index is 12.2. The quantitative estimate of drug-likeness (QED) is 0.641. The number of rotatable bonds is 2. The second-order valence-electron chi connectivity index (χ2n) is 3.14. The molecule has 0 N–H and O–H groups in total. The smallest absolute Gasteiger partial charge is 0.189 e. The molecule has 0 heterocycles. The van der Waals surface area contributed by atoms with Gasteiger partial charge >= 0.3 is 0 Å². The Morgan fingerprint density at radius 2 is 1.15 bits per heavy atom. The summed E-state index contributed by atoms with van der Waals surface area (Å²) in [5.74, 6) is 0. The van der Waals surface area contributed by atoms with Crippen LogP contribution in [0.3, 0.4) is 0 Å². The fourth-order valence-electron chi connectivity index (χ4n) is 1.51. The molecule has 0 radical (unpaired) electrons. The zero-order valence-corrected chi connectivity index (χ0v) is 8.66. The fraction of sp³-hybridized carbons (Fsp3) is 0.200. The lowest BCUT2D eigenvalue weighted by Crippen LogP contribution is -2.05. The monoisotopic (exact) mass is 212 g/mol. The van der Waals surface area contributed by atoms with Crippen molar-refractivity contribution in [2.75, 3.05) is 0 Å². The summed E-state index contributed by atoms with van der Waals surface area (Å²) in [7, 11) is 0. The predicted molar refractivity (Wildman–Crippen MR) is 57.6 cm³/mol. The first kappa shape index (κ1) is 9.05. The lowest BCUT2D eigenvalue weighted by atomic mass is 10.5. The maximum Gasteiger partial charge on any atom is 0.189 e. The molecular weight excluding hydrogens is 203 g/mol. The van der Waals surface area contributed by atoms with Gasteiger partial charge in [-0.25, -0.2) is 0 Å². The van der Waals surface area contributed by atoms with Crippen LogP contribution in [-0.2, 0) is 4.57 Å². The van der Waals surface area contributed by atoms with Gasteiger partial charge < -0.3 is 4.57 Å². The van der Waals surface area contributed by atoms with Crippen molar-refractivity contribution in [3.05, 3.63) is 48.6 Å². The standard InChI is InChI=1S/C10H10ClOP/c11-13(12,9-5-1-2-6-9)10-7-3-4-8-10/h1-10H. The minimum atomic E-state index is -2.66. The fourth-order valence-corrected chi connectivity index (χ4v) is 4.02. The Bertz CT molecular complexity index is 309. The van der Waals surface area contributed by atoms with Gasteiger partial charge in [-0.15, -0.1) is 0 Å². The van der Waals surface area contributed by atoms with Gasteiger partial charge in [-0.05, 0) is 0 Å². The number of halogens is 1. The van der Waals surface area contributed by atoms with Gasteiger partial charge in [-0.2, -0.15) is 0 Å². The molecule has 2 aliphatic carbocycles. The van der Waals surface area contributed by atoms with Crippen LogP contribution < -0.4 is 0 Å². The molecule has 2 aliphatic rings. The predicted octanol–water partition coefficient (Wildman–Crippen LogP) is 3.49. The van der Waals surface area contributed by atoms with Gasteiger partial charge in [-0.1, -0.05) is 59.8 Å². The summed E-state index contributed by atoms with van der Waals surface area (Å²) in [5.41, 5.74) is -0.182. The molecular formula is C10H10ClOP. The molecule has 3 heteroatoms. The Morgan fingerprint density at radius 3 is 1.46 bits per heavy atom. The maximum atomic E-state index is 12.2. The molecule has 0 aromatic heterocycles. The SMILES string of the molecule is O=P(Cl)(C1C=CC=C1)C1C=CC=C1. The second-order valence-corrected chi connectivity index (χ2v) is 7.17. The Morgan fingerprint density at radius 1 is 0.846 bits per heavy atom. The summed E-state index contributed by atoms with van der Waals surface area (Å²) in [5, 5.41) is 0. The first-order valence-electron chi connectivity index (χ1n) is 4.20. The van der Waals surface area contributed by atoms with Gasteiger partial charge in [-0.3, -0.25) is 0 Å². The van der Waals surface area contributed by atoms with Crippen molar-refractivity contribution in [1.29, 1.82) is 0 Å². The topological polar surface area (TPSA) is 17.1 Å². The highest BCUT2D eigenvalue weighted by Crippen LogP contribution is 2.63. The van der Waals surface area contributed by atoms with E-state index in [4.69, 9.17) is 11.2 Å². The van der Waals surface area contributed by atoms with E-state index in [1.54, 1.807) is 0 Å². The molecule has 0 amide bonds. The third-order valence-corrected chi connectivity index (χ3v) is 5.94. The summed E-state index contributed by atoms with van der Waals surface area (Å²) in [4.78, 5) is 0. The molecule has 0 atom stereocenters. The minimum Gasteiger partial charge on any atom is -0.305 e. The van der Waals surface area contributed by atoms with Gasteiger partial charge in [0.15, 0.2) is 6.49 Å². The summed E-state index contributed by atoms with van der Waals surface area (Å²) in [6.07, 6.45) is 15.2. The Hall–Kier alpha value is -0.520. The van der Waals surface area contributed by atoms with Crippen molar-refractivity contribution in [2.24, 2.45) is 0 Å². The molecule has 0 spiro atoms. The second kappa shape index (κ2) is 3.32. The van der Waals surface area contributed by atoms with Crippen molar-refractivity contribution in [2.45, 2.75) is 11.3 Å². The molecule has 0 saturated heterocycles. The molecule has 0 aliphatic heterocycles. The lowest BCUT2D eigenvalue weighted by molar-refractivity contribution is 0.582. The first-order valence-corrected chi connectivity index (χ1v) is 6.95. The largest absolute Gasteiger partial charge is 0.305 e. The molecule has 0 saturated carbocycles. The molecule has 2 rings (SSSR count). The van der Waals surface area contributed by atoms with E-state index in [-0.39, 0.29) is 11.3 Å². The van der Waals surface area contributed by atoms with Crippen LogP contribution >= 0.6 is 17.7 Å². The van der Waals surface area contributed by atoms with Gasteiger partial charge in [0.25, 0.3) is 0 Å². The van der Waals surface area contributed by atoms with Crippen molar-refractivity contribution in [3.8, 4) is 0 Å². The van der Waals surface area contributed by atoms with Crippen LogP contribution in [0.5, 0.6) is 0 Å². The van der Waals surface area contributed by atoms with E-state index in [0.717, 1.165) is 0 Å². The zero-order valence-electron chi connectivity index (χ0n) is 7.01. The van der Waals surface area contributed by atoms with Crippen LogP contribution in [0, 0.1) is 0 Å². The lowest BCUT2D eigenvalue weighted by Gasteiger charge is -2.18. The van der Waals surface area contributed by atoms with E-state index in [0.29, 0.717) is 0 Å². The summed E-state index contributed by atoms with van der Waals surface area (Å²) < 4.78 is 12.2. The highest BCUT2D eigenvalue weighted by molar-refractivity contribution is 7.90. The first-order chi connectivity index (χ1) is 6.21. The molecule has 1 nitrogen and oxygen atoms in total. The van der Waals surface area contributed by atoms with Gasteiger partial charge in [0.1, 0.15) is 0 Å². The highest BCUT2D eigenvalue weighted by atomic mass is 35.7. The third kappa shape index (κ3) is 1.59. The van der Waals surface area contributed by atoms with E-state index in [9.17, 15) is 4.57 Å². The molecule has 0 aromatic rings. The summed E-state index contributed by atoms with van der Waals surface area (Å²) >= 11 is 6.10. The molecule has 0 fully saturated rings. The molecule has 0 aromatic carbocycles. The van der Waals surface area contributed by atoms with Crippen molar-refractivity contribution in [3.63, 3.8) is 0 Å². The zero-order chi connectivity index (χ0) is 9.31. The van der Waals surface area contributed by atoms with Crippen LogP contribution in [0.1, 0.15) is 0 Å². The Balaban J connectivity index is 2.24. The van der Waals surface area contributed by atoms with Crippen LogP contribution in [0.2, 0.25) is 0 Å². The van der Waals surface area contributed by atoms with Crippen LogP contribution in [-0.4, -0.2) is 11.3 Å². The average Bonchev–Trinajstić information content (AvgIpc) is 2.78. The number of hydrogen-bond acceptors (Lipinski definition) is 1. The Labute approximate surface area is 82.6 Å². The molecule has 68 valence electrons. The van der Waals surface area contributed by atoms with E-state index >= 15 is 0 Å². The number of hydrogen-bond donors (Lipinski definition) is 0. The minimum absolute atomic E-state index is 0.0911. The van der Waals surface area contributed by atoms with Gasteiger partial charge in [0.05, 0.1) is 11.3 Å². The highest BCUT2D eigenvalue weighted by Gasteiger charge is 2.34. The Kier molecular flexibility index (Phi) is 2.31. The summed E-state index contributed by atoms with van der Waals surface area (Å²) in [6.45, 7) is -2.66. The van der Waals surface area contributed by atoms with Gasteiger partial charge in [0.2, 0.25) is 0 Å². The number of allylic oxidation sites excluding steroid dienone is 8. The summed E-state index contributed by atoms with van der Waals surface area (Å²) in [6, 6.07) is 0. The third-order valence-electron chi connectivity index (χ3n) is 2.27. The average molecular weight is 213 g/mol. The van der Waals surface area contributed by atoms with Crippen LogP contribution in [0.25, 0.3) is 0 Å². The molecule has 0 bridgehead atoms. The van der Waals surface area contributed by atoms with Crippen molar-refractivity contribution in [1.82, 2.24) is 0 Å². The van der Waals surface area contributed by atoms with Crippen LogP contribution in [0.4, 0.5) is 0 Å². The van der Waals surface area contributed by atoms with E-state index in [1.807, 2.05) is 48.6 Å². The van der Waals surface area contributed by atoms with Gasteiger partial charge in [0, 0.05) is 0 Å². The normalized spacial score (nSPS) is 22.2. The van der Waals surface area contributed by atoms with E-state index in [1.165, 1.54) is 0 Å².